The minimum absolute atomic E-state index is 0.290. The molecule has 120 valence electrons. The van der Waals surface area contributed by atoms with Crippen LogP contribution in [-0.2, 0) is 13.0 Å². The maximum Gasteiger partial charge on any atom is 0.335 e. The first kappa shape index (κ1) is 15.7. The molecule has 1 N–H and O–H groups in total. The van der Waals surface area contributed by atoms with Crippen molar-refractivity contribution < 1.29 is 9.90 Å². The van der Waals surface area contributed by atoms with Gasteiger partial charge in [-0.2, -0.15) is 0 Å². The second-order valence-electron chi connectivity index (χ2n) is 5.65. The van der Waals surface area contributed by atoms with Gasteiger partial charge in [-0.05, 0) is 36.1 Å². The third-order valence-corrected chi connectivity index (χ3v) is 4.85. The van der Waals surface area contributed by atoms with Crippen LogP contribution in [0.4, 0.5) is 0 Å². The Labute approximate surface area is 139 Å². The lowest BCUT2D eigenvalue weighted by Gasteiger charge is -2.08. The quantitative estimate of drug-likeness (QED) is 0.646. The highest BCUT2D eigenvalue weighted by Gasteiger charge is 2.13. The molecule has 0 amide bonds. The number of carboxylic acids is 1. The van der Waals surface area contributed by atoms with E-state index < -0.39 is 5.97 Å². The fourth-order valence-corrected chi connectivity index (χ4v) is 3.49. The van der Waals surface area contributed by atoms with Crippen LogP contribution in [0.2, 0.25) is 0 Å². The molecule has 0 radical (unpaired) electrons. The summed E-state index contributed by atoms with van der Waals surface area (Å²) in [6.07, 6.45) is 4.27. The van der Waals surface area contributed by atoms with E-state index in [1.807, 2.05) is 12.1 Å². The van der Waals surface area contributed by atoms with Gasteiger partial charge in [0.1, 0.15) is 5.82 Å². The summed E-state index contributed by atoms with van der Waals surface area (Å²) >= 11 is 1.73. The number of unbranched alkanes of at least 4 members (excludes halogenated alkanes) is 2. The normalized spacial score (nSPS) is 11.2. The average molecular weight is 328 g/mol. The van der Waals surface area contributed by atoms with Crippen LogP contribution >= 0.6 is 11.3 Å². The van der Waals surface area contributed by atoms with E-state index in [-0.39, 0.29) is 0 Å². The Balaban J connectivity index is 2.00. The summed E-state index contributed by atoms with van der Waals surface area (Å²) in [6, 6.07) is 9.38. The summed E-state index contributed by atoms with van der Waals surface area (Å²) < 4.78 is 2.25. The Morgan fingerprint density at radius 2 is 2.17 bits per heavy atom. The Morgan fingerprint density at radius 3 is 2.87 bits per heavy atom. The zero-order valence-electron chi connectivity index (χ0n) is 13.2. The maximum absolute atomic E-state index is 11.2. The number of benzene rings is 1. The molecule has 0 aliphatic rings. The molecule has 0 spiro atoms. The number of thiophene rings is 1. The first-order chi connectivity index (χ1) is 11.2. The van der Waals surface area contributed by atoms with Crippen molar-refractivity contribution in [3.63, 3.8) is 0 Å². The highest BCUT2D eigenvalue weighted by atomic mass is 32.1. The molecule has 4 nitrogen and oxygen atoms in total. The Bertz CT molecular complexity index is 806. The first-order valence-electron chi connectivity index (χ1n) is 7.94. The van der Waals surface area contributed by atoms with Gasteiger partial charge in [0.05, 0.1) is 16.6 Å². The minimum Gasteiger partial charge on any atom is -0.478 e. The lowest BCUT2D eigenvalue weighted by molar-refractivity contribution is 0.0697. The molecule has 0 atom stereocenters. The summed E-state index contributed by atoms with van der Waals surface area (Å²) in [7, 11) is 0. The van der Waals surface area contributed by atoms with Crippen LogP contribution in [0, 0.1) is 0 Å². The van der Waals surface area contributed by atoms with Crippen molar-refractivity contribution in [1.82, 2.24) is 9.55 Å². The Hall–Kier alpha value is -2.14. The second-order valence-corrected chi connectivity index (χ2v) is 6.68. The summed E-state index contributed by atoms with van der Waals surface area (Å²) in [4.78, 5) is 17.2. The van der Waals surface area contributed by atoms with Gasteiger partial charge in [-0.15, -0.1) is 11.3 Å². The molecule has 0 fully saturated rings. The molecular formula is C18H20N2O2S. The molecular weight excluding hydrogens is 308 g/mol. The van der Waals surface area contributed by atoms with Crippen LogP contribution in [0.5, 0.6) is 0 Å². The van der Waals surface area contributed by atoms with Crippen molar-refractivity contribution in [3.8, 4) is 0 Å². The Morgan fingerprint density at radius 1 is 1.30 bits per heavy atom. The van der Waals surface area contributed by atoms with Gasteiger partial charge in [-0.3, -0.25) is 0 Å². The molecule has 0 saturated carbocycles. The summed E-state index contributed by atoms with van der Waals surface area (Å²) in [6.45, 7) is 3.12. The number of aromatic carboxylic acids is 1. The largest absolute Gasteiger partial charge is 0.478 e. The van der Waals surface area contributed by atoms with Gasteiger partial charge in [0.2, 0.25) is 0 Å². The molecule has 0 bridgehead atoms. The monoisotopic (exact) mass is 328 g/mol. The summed E-state index contributed by atoms with van der Waals surface area (Å²) in [5.74, 6) is 0.105. The predicted octanol–water partition coefficient (Wildman–Crippen LogP) is 4.58. The fourth-order valence-electron chi connectivity index (χ4n) is 2.79. The number of aromatic nitrogens is 2. The van der Waals surface area contributed by atoms with Gasteiger partial charge in [-0.25, -0.2) is 9.78 Å². The summed E-state index contributed by atoms with van der Waals surface area (Å²) in [5.41, 5.74) is 2.09. The van der Waals surface area contributed by atoms with Gasteiger partial charge in [0.15, 0.2) is 0 Å². The van der Waals surface area contributed by atoms with Crippen molar-refractivity contribution in [2.24, 2.45) is 0 Å². The molecule has 5 heteroatoms. The molecule has 0 aliphatic heterocycles. The topological polar surface area (TPSA) is 55.1 Å². The third kappa shape index (κ3) is 3.45. The van der Waals surface area contributed by atoms with E-state index in [0.717, 1.165) is 36.2 Å². The molecule has 0 saturated heterocycles. The minimum atomic E-state index is -0.910. The third-order valence-electron chi connectivity index (χ3n) is 3.97. The number of hydrogen-bond donors (Lipinski definition) is 1. The summed E-state index contributed by atoms with van der Waals surface area (Å²) in [5, 5.41) is 11.2. The maximum atomic E-state index is 11.2. The molecule has 1 aromatic carbocycles. The van der Waals surface area contributed by atoms with Gasteiger partial charge in [0.25, 0.3) is 0 Å². The molecule has 3 rings (SSSR count). The van der Waals surface area contributed by atoms with Crippen LogP contribution < -0.4 is 0 Å². The number of fused-ring (bicyclic) bond motifs is 1. The van der Waals surface area contributed by atoms with E-state index in [2.05, 4.69) is 22.9 Å². The smallest absolute Gasteiger partial charge is 0.335 e. The molecule has 2 aromatic heterocycles. The van der Waals surface area contributed by atoms with Crippen molar-refractivity contribution in [2.75, 3.05) is 0 Å². The molecule has 0 aliphatic carbocycles. The average Bonchev–Trinajstić information content (AvgIpc) is 3.15. The molecule has 3 aromatic rings. The Kier molecular flexibility index (Phi) is 4.76. The molecule has 23 heavy (non-hydrogen) atoms. The van der Waals surface area contributed by atoms with E-state index in [0.29, 0.717) is 5.56 Å². The van der Waals surface area contributed by atoms with Gasteiger partial charge >= 0.3 is 5.97 Å². The van der Waals surface area contributed by atoms with E-state index >= 15 is 0 Å². The lowest BCUT2D eigenvalue weighted by atomic mass is 10.2. The van der Waals surface area contributed by atoms with E-state index in [4.69, 9.17) is 10.1 Å². The number of aryl methyl sites for hydroxylation is 1. The van der Waals surface area contributed by atoms with E-state index in [9.17, 15) is 4.79 Å². The zero-order chi connectivity index (χ0) is 16.2. The van der Waals surface area contributed by atoms with Crippen molar-refractivity contribution in [3.05, 3.63) is 52.0 Å². The second kappa shape index (κ2) is 6.96. The van der Waals surface area contributed by atoms with Gasteiger partial charge in [0, 0.05) is 17.8 Å². The standard InChI is InChI=1S/C18H20N2O2S/c1-2-3-4-9-20-16-8-7-13(18(21)22)11-15(16)19-17(20)12-14-6-5-10-23-14/h5-8,10-11H,2-4,9,12H2,1H3,(H,21,22). The molecule has 2 heterocycles. The fraction of sp³-hybridized carbons (Fsp3) is 0.333. The number of nitrogens with zero attached hydrogens (tertiary/aromatic N) is 2. The van der Waals surface area contributed by atoms with E-state index in [1.165, 1.54) is 17.7 Å². The number of hydrogen-bond acceptors (Lipinski definition) is 3. The van der Waals surface area contributed by atoms with Crippen LogP contribution in [-0.4, -0.2) is 20.6 Å². The van der Waals surface area contributed by atoms with Crippen molar-refractivity contribution in [1.29, 1.82) is 0 Å². The predicted molar refractivity (Wildman–Crippen MR) is 93.3 cm³/mol. The number of carbonyl (C=O) groups is 1. The number of rotatable bonds is 7. The number of carboxylic acid groups (broad SMARTS) is 1. The highest BCUT2D eigenvalue weighted by molar-refractivity contribution is 7.09. The van der Waals surface area contributed by atoms with Crippen LogP contribution in [0.3, 0.4) is 0 Å². The zero-order valence-corrected chi connectivity index (χ0v) is 14.0. The highest BCUT2D eigenvalue weighted by Crippen LogP contribution is 2.22. The van der Waals surface area contributed by atoms with Gasteiger partial charge in [-0.1, -0.05) is 25.8 Å². The first-order valence-corrected chi connectivity index (χ1v) is 8.82. The van der Waals surface area contributed by atoms with Gasteiger partial charge < -0.3 is 9.67 Å². The van der Waals surface area contributed by atoms with Crippen molar-refractivity contribution >= 4 is 28.3 Å². The van der Waals surface area contributed by atoms with E-state index in [1.54, 1.807) is 23.5 Å². The molecule has 0 unspecified atom stereocenters. The van der Waals surface area contributed by atoms with Crippen molar-refractivity contribution in [2.45, 2.75) is 39.2 Å². The lowest BCUT2D eigenvalue weighted by Crippen LogP contribution is -2.04. The van der Waals surface area contributed by atoms with Crippen LogP contribution in [0.25, 0.3) is 11.0 Å². The SMILES string of the molecule is CCCCCn1c(Cc2cccs2)nc2cc(C(=O)O)ccc21. The van der Waals surface area contributed by atoms with Crippen LogP contribution in [0.1, 0.15) is 47.2 Å². The van der Waals surface area contributed by atoms with Crippen LogP contribution in [0.15, 0.2) is 35.7 Å². The number of imidazole rings is 1.